The third-order valence-corrected chi connectivity index (χ3v) is 4.43. The van der Waals surface area contributed by atoms with Crippen molar-refractivity contribution < 1.29 is 4.79 Å². The van der Waals surface area contributed by atoms with Crippen molar-refractivity contribution in [2.75, 3.05) is 6.54 Å². The van der Waals surface area contributed by atoms with Crippen LogP contribution in [-0.4, -0.2) is 17.4 Å². The summed E-state index contributed by atoms with van der Waals surface area (Å²) in [7, 11) is 0. The van der Waals surface area contributed by atoms with Gasteiger partial charge in [-0.2, -0.15) is 0 Å². The first-order valence-corrected chi connectivity index (χ1v) is 8.18. The molecule has 0 radical (unpaired) electrons. The van der Waals surface area contributed by atoms with E-state index in [-0.39, 0.29) is 30.3 Å². The van der Waals surface area contributed by atoms with E-state index in [4.69, 9.17) is 5.73 Å². The molecule has 2 atom stereocenters. The van der Waals surface area contributed by atoms with Gasteiger partial charge in [0, 0.05) is 19.1 Å². The third-order valence-electron chi connectivity index (χ3n) is 4.43. The van der Waals surface area contributed by atoms with Crippen molar-refractivity contribution in [2.45, 2.75) is 33.4 Å². The van der Waals surface area contributed by atoms with E-state index >= 15 is 0 Å². The Morgan fingerprint density at radius 2 is 1.67 bits per heavy atom. The predicted octanol–water partition coefficient (Wildman–Crippen LogP) is 4.10. The fourth-order valence-electron chi connectivity index (χ4n) is 2.74. The van der Waals surface area contributed by atoms with Crippen molar-refractivity contribution in [1.82, 2.24) is 4.90 Å². The van der Waals surface area contributed by atoms with Crippen LogP contribution in [0.5, 0.6) is 0 Å². The second kappa shape index (κ2) is 9.45. The summed E-state index contributed by atoms with van der Waals surface area (Å²) < 4.78 is 0. The van der Waals surface area contributed by atoms with Crippen LogP contribution in [-0.2, 0) is 11.3 Å². The zero-order valence-corrected chi connectivity index (χ0v) is 15.4. The van der Waals surface area contributed by atoms with Crippen LogP contribution >= 0.6 is 12.4 Å². The molecule has 24 heavy (non-hydrogen) atoms. The zero-order chi connectivity index (χ0) is 16.8. The molecule has 0 aliphatic rings. The topological polar surface area (TPSA) is 46.3 Å². The molecule has 0 aliphatic heterocycles. The minimum atomic E-state index is -0.283. The highest BCUT2D eigenvalue weighted by molar-refractivity contribution is 5.85. The van der Waals surface area contributed by atoms with Crippen molar-refractivity contribution in [1.29, 1.82) is 0 Å². The molecule has 4 heteroatoms. The SMILES string of the molecule is CCN(Cc1ccccc1C)C(=O)C(C)C(N)c1ccccc1.Cl. The van der Waals surface area contributed by atoms with Crippen LogP contribution in [0.4, 0.5) is 0 Å². The molecule has 0 aromatic heterocycles. The lowest BCUT2D eigenvalue weighted by Gasteiger charge is -2.28. The number of nitrogens with zero attached hydrogens (tertiary/aromatic N) is 1. The molecule has 2 rings (SSSR count). The Bertz CT molecular complexity index is 645. The molecular formula is C20H27ClN2O. The summed E-state index contributed by atoms with van der Waals surface area (Å²) in [6, 6.07) is 17.7. The molecule has 2 N–H and O–H groups in total. The van der Waals surface area contributed by atoms with Gasteiger partial charge < -0.3 is 10.6 Å². The number of amides is 1. The molecule has 0 aliphatic carbocycles. The highest BCUT2D eigenvalue weighted by Gasteiger charge is 2.26. The van der Waals surface area contributed by atoms with Gasteiger partial charge in [-0.25, -0.2) is 0 Å². The molecule has 2 aromatic rings. The fraction of sp³-hybridized carbons (Fsp3) is 0.350. The Hall–Kier alpha value is -1.84. The van der Waals surface area contributed by atoms with Crippen LogP contribution in [0.2, 0.25) is 0 Å². The highest BCUT2D eigenvalue weighted by atomic mass is 35.5. The maximum absolute atomic E-state index is 12.9. The van der Waals surface area contributed by atoms with Crippen LogP contribution in [0.3, 0.4) is 0 Å². The predicted molar refractivity (Wildman–Crippen MR) is 102 cm³/mol. The Morgan fingerprint density at radius 3 is 2.25 bits per heavy atom. The Labute approximate surface area is 151 Å². The molecule has 0 saturated heterocycles. The average Bonchev–Trinajstić information content (AvgIpc) is 2.60. The molecule has 0 heterocycles. The van der Waals surface area contributed by atoms with Crippen molar-refractivity contribution in [2.24, 2.45) is 11.7 Å². The van der Waals surface area contributed by atoms with Gasteiger partial charge in [0.05, 0.1) is 5.92 Å². The minimum absolute atomic E-state index is 0. The van der Waals surface area contributed by atoms with Gasteiger partial charge in [0.15, 0.2) is 0 Å². The van der Waals surface area contributed by atoms with Gasteiger partial charge in [-0.3, -0.25) is 4.79 Å². The molecule has 0 bridgehead atoms. The number of aryl methyl sites for hydroxylation is 1. The molecule has 0 fully saturated rings. The summed E-state index contributed by atoms with van der Waals surface area (Å²) in [5.41, 5.74) is 9.70. The van der Waals surface area contributed by atoms with Gasteiger partial charge in [0.25, 0.3) is 0 Å². The summed E-state index contributed by atoms with van der Waals surface area (Å²) >= 11 is 0. The smallest absolute Gasteiger partial charge is 0.227 e. The van der Waals surface area contributed by atoms with Gasteiger partial charge in [-0.05, 0) is 30.5 Å². The molecule has 2 aromatic carbocycles. The molecule has 1 amide bonds. The standard InChI is InChI=1S/C20H26N2O.ClH/c1-4-22(14-18-13-9-8-10-15(18)2)20(23)16(3)19(21)17-11-6-5-7-12-17;/h5-13,16,19H,4,14,21H2,1-3H3;1H. The molecule has 130 valence electrons. The number of rotatable bonds is 6. The fourth-order valence-corrected chi connectivity index (χ4v) is 2.74. The number of benzene rings is 2. The number of carbonyl (C=O) groups excluding carboxylic acids is 1. The van der Waals surface area contributed by atoms with E-state index in [2.05, 4.69) is 19.1 Å². The normalized spacial score (nSPS) is 12.8. The molecule has 0 saturated carbocycles. The third kappa shape index (κ3) is 4.83. The van der Waals surface area contributed by atoms with E-state index in [1.54, 1.807) is 0 Å². The molecule has 3 nitrogen and oxygen atoms in total. The van der Waals surface area contributed by atoms with E-state index in [0.717, 1.165) is 5.56 Å². The van der Waals surface area contributed by atoms with Crippen molar-refractivity contribution in [3.8, 4) is 0 Å². The Kier molecular flexibility index (Phi) is 7.96. The summed E-state index contributed by atoms with van der Waals surface area (Å²) in [4.78, 5) is 14.7. The van der Waals surface area contributed by atoms with Crippen LogP contribution in [0, 0.1) is 12.8 Å². The van der Waals surface area contributed by atoms with E-state index in [0.29, 0.717) is 13.1 Å². The number of nitrogens with two attached hydrogens (primary N) is 1. The largest absolute Gasteiger partial charge is 0.338 e. The van der Waals surface area contributed by atoms with Gasteiger partial charge in [0.1, 0.15) is 0 Å². The van der Waals surface area contributed by atoms with Crippen LogP contribution < -0.4 is 5.73 Å². The lowest BCUT2D eigenvalue weighted by molar-refractivity contribution is -0.136. The quantitative estimate of drug-likeness (QED) is 0.855. The van der Waals surface area contributed by atoms with Crippen molar-refractivity contribution in [3.63, 3.8) is 0 Å². The second-order valence-corrected chi connectivity index (χ2v) is 6.00. The molecule has 2 unspecified atom stereocenters. The monoisotopic (exact) mass is 346 g/mol. The Balaban J connectivity index is 0.00000288. The lowest BCUT2D eigenvalue weighted by Crippen LogP contribution is -2.39. The van der Waals surface area contributed by atoms with E-state index in [9.17, 15) is 4.79 Å². The first-order chi connectivity index (χ1) is 11.0. The maximum Gasteiger partial charge on any atom is 0.227 e. The lowest BCUT2D eigenvalue weighted by atomic mass is 9.94. The van der Waals surface area contributed by atoms with Crippen LogP contribution in [0.1, 0.15) is 36.6 Å². The first kappa shape index (κ1) is 20.2. The zero-order valence-electron chi connectivity index (χ0n) is 14.6. The van der Waals surface area contributed by atoms with Crippen LogP contribution in [0.15, 0.2) is 54.6 Å². The summed E-state index contributed by atoms with van der Waals surface area (Å²) in [6.45, 7) is 7.32. The summed E-state index contributed by atoms with van der Waals surface area (Å²) in [6.07, 6.45) is 0. The highest BCUT2D eigenvalue weighted by Crippen LogP contribution is 2.22. The van der Waals surface area contributed by atoms with Crippen molar-refractivity contribution in [3.05, 3.63) is 71.3 Å². The number of hydrogen-bond donors (Lipinski definition) is 1. The summed E-state index contributed by atoms with van der Waals surface area (Å²) in [5.74, 6) is -0.145. The Morgan fingerprint density at radius 1 is 1.08 bits per heavy atom. The van der Waals surface area contributed by atoms with E-state index in [1.165, 1.54) is 11.1 Å². The number of carbonyl (C=O) groups is 1. The van der Waals surface area contributed by atoms with Crippen LogP contribution in [0.25, 0.3) is 0 Å². The van der Waals surface area contributed by atoms with Gasteiger partial charge in [-0.15, -0.1) is 12.4 Å². The van der Waals surface area contributed by atoms with Gasteiger partial charge in [0.2, 0.25) is 5.91 Å². The van der Waals surface area contributed by atoms with E-state index < -0.39 is 0 Å². The second-order valence-electron chi connectivity index (χ2n) is 6.00. The molecule has 0 spiro atoms. The number of hydrogen-bond acceptors (Lipinski definition) is 2. The maximum atomic E-state index is 12.9. The van der Waals surface area contributed by atoms with Gasteiger partial charge >= 0.3 is 0 Å². The van der Waals surface area contributed by atoms with E-state index in [1.807, 2.05) is 61.2 Å². The molecular weight excluding hydrogens is 320 g/mol. The van der Waals surface area contributed by atoms with Gasteiger partial charge in [-0.1, -0.05) is 61.5 Å². The average molecular weight is 347 g/mol. The number of halogens is 1. The minimum Gasteiger partial charge on any atom is -0.338 e. The first-order valence-electron chi connectivity index (χ1n) is 8.18. The van der Waals surface area contributed by atoms with Crippen molar-refractivity contribution >= 4 is 18.3 Å². The summed E-state index contributed by atoms with van der Waals surface area (Å²) in [5, 5.41) is 0.